The second-order valence-corrected chi connectivity index (χ2v) is 7.43. The van der Waals surface area contributed by atoms with Crippen molar-refractivity contribution in [3.05, 3.63) is 94.0 Å². The van der Waals surface area contributed by atoms with Gasteiger partial charge in [-0.15, -0.1) is 0 Å². The van der Waals surface area contributed by atoms with Gasteiger partial charge in [0.2, 0.25) is 0 Å². The van der Waals surface area contributed by atoms with E-state index in [0.29, 0.717) is 41.0 Å². The molecule has 0 atom stereocenters. The summed E-state index contributed by atoms with van der Waals surface area (Å²) in [5.74, 6) is 0.635. The summed E-state index contributed by atoms with van der Waals surface area (Å²) in [7, 11) is 0. The molecule has 0 aliphatic rings. The molecule has 0 unspecified atom stereocenters. The predicted molar refractivity (Wildman–Crippen MR) is 127 cm³/mol. The summed E-state index contributed by atoms with van der Waals surface area (Å²) in [6.07, 6.45) is 1.52. The second-order valence-electron chi connectivity index (χ2n) is 7.00. The van der Waals surface area contributed by atoms with Crippen LogP contribution in [0.3, 0.4) is 0 Å². The SMILES string of the molecule is CCOc1cc(/C=C(\C#N)C(=O)Nc2ccc(Cl)cc2C)ccc1OCc1ccccc1. The maximum absolute atomic E-state index is 12.6. The van der Waals surface area contributed by atoms with Crippen molar-refractivity contribution in [3.8, 4) is 17.6 Å². The molecule has 32 heavy (non-hydrogen) atoms. The average Bonchev–Trinajstić information content (AvgIpc) is 2.79. The Morgan fingerprint density at radius 3 is 2.53 bits per heavy atom. The van der Waals surface area contributed by atoms with E-state index in [1.54, 1.807) is 36.4 Å². The van der Waals surface area contributed by atoms with Crippen LogP contribution in [0, 0.1) is 18.3 Å². The van der Waals surface area contributed by atoms with Gasteiger partial charge < -0.3 is 14.8 Å². The number of hydrogen-bond acceptors (Lipinski definition) is 4. The van der Waals surface area contributed by atoms with Crippen LogP contribution < -0.4 is 14.8 Å². The smallest absolute Gasteiger partial charge is 0.266 e. The van der Waals surface area contributed by atoms with E-state index in [-0.39, 0.29) is 5.57 Å². The van der Waals surface area contributed by atoms with Gasteiger partial charge in [0.1, 0.15) is 18.2 Å². The summed E-state index contributed by atoms with van der Waals surface area (Å²) in [6, 6.07) is 22.2. The fraction of sp³-hybridized carbons (Fsp3) is 0.154. The number of amides is 1. The first-order valence-corrected chi connectivity index (χ1v) is 10.5. The first kappa shape index (κ1) is 22.9. The first-order valence-electron chi connectivity index (χ1n) is 10.1. The molecule has 0 aromatic heterocycles. The molecule has 162 valence electrons. The van der Waals surface area contributed by atoms with Crippen molar-refractivity contribution in [1.82, 2.24) is 0 Å². The highest BCUT2D eigenvalue weighted by atomic mass is 35.5. The van der Waals surface area contributed by atoms with Crippen molar-refractivity contribution >= 4 is 29.3 Å². The predicted octanol–water partition coefficient (Wildman–Crippen LogP) is 6.17. The molecule has 3 aromatic carbocycles. The Hall–Kier alpha value is -3.75. The molecular weight excluding hydrogens is 424 g/mol. The molecule has 0 saturated heterocycles. The number of hydrogen-bond donors (Lipinski definition) is 1. The zero-order valence-electron chi connectivity index (χ0n) is 17.9. The van der Waals surface area contributed by atoms with Gasteiger partial charge in [-0.2, -0.15) is 5.26 Å². The van der Waals surface area contributed by atoms with E-state index >= 15 is 0 Å². The number of nitriles is 1. The van der Waals surface area contributed by atoms with Crippen molar-refractivity contribution in [1.29, 1.82) is 5.26 Å². The third kappa shape index (κ3) is 6.13. The maximum Gasteiger partial charge on any atom is 0.266 e. The number of aryl methyl sites for hydroxylation is 1. The Kier molecular flexibility index (Phi) is 7.91. The zero-order chi connectivity index (χ0) is 22.9. The third-order valence-electron chi connectivity index (χ3n) is 4.62. The van der Waals surface area contributed by atoms with E-state index in [0.717, 1.165) is 11.1 Å². The molecule has 6 heteroatoms. The molecule has 0 radical (unpaired) electrons. The van der Waals surface area contributed by atoms with Crippen molar-refractivity contribution in [2.45, 2.75) is 20.5 Å². The summed E-state index contributed by atoms with van der Waals surface area (Å²) in [5, 5.41) is 12.9. The minimum Gasteiger partial charge on any atom is -0.490 e. The Labute approximate surface area is 192 Å². The second kappa shape index (κ2) is 11.0. The first-order chi connectivity index (χ1) is 15.5. The molecule has 0 bridgehead atoms. The van der Waals surface area contributed by atoms with Gasteiger partial charge in [-0.25, -0.2) is 0 Å². The van der Waals surface area contributed by atoms with Crippen LogP contribution >= 0.6 is 11.6 Å². The number of anilines is 1. The molecule has 0 saturated carbocycles. The van der Waals surface area contributed by atoms with E-state index in [1.807, 2.05) is 50.2 Å². The molecular formula is C26H23ClN2O3. The van der Waals surface area contributed by atoms with Crippen LogP contribution in [0.2, 0.25) is 5.02 Å². The molecule has 1 amide bonds. The van der Waals surface area contributed by atoms with Gasteiger partial charge >= 0.3 is 0 Å². The Morgan fingerprint density at radius 1 is 1.06 bits per heavy atom. The van der Waals surface area contributed by atoms with Crippen molar-refractivity contribution in [3.63, 3.8) is 0 Å². The van der Waals surface area contributed by atoms with E-state index in [9.17, 15) is 10.1 Å². The molecule has 0 aliphatic carbocycles. The van der Waals surface area contributed by atoms with Crippen molar-refractivity contribution in [2.24, 2.45) is 0 Å². The van der Waals surface area contributed by atoms with Gasteiger partial charge in [0.15, 0.2) is 11.5 Å². The molecule has 0 heterocycles. The number of nitrogens with zero attached hydrogens (tertiary/aromatic N) is 1. The van der Waals surface area contributed by atoms with Gasteiger partial charge in [0.05, 0.1) is 6.61 Å². The molecule has 5 nitrogen and oxygen atoms in total. The molecule has 3 rings (SSSR count). The summed E-state index contributed by atoms with van der Waals surface area (Å²) < 4.78 is 11.6. The quantitative estimate of drug-likeness (QED) is 0.331. The van der Waals surface area contributed by atoms with Gasteiger partial charge in [-0.05, 0) is 66.9 Å². The molecule has 0 aliphatic heterocycles. The highest BCUT2D eigenvalue weighted by Gasteiger charge is 2.13. The lowest BCUT2D eigenvalue weighted by Crippen LogP contribution is -2.14. The van der Waals surface area contributed by atoms with E-state index < -0.39 is 5.91 Å². The number of halogens is 1. The Morgan fingerprint density at radius 2 is 1.84 bits per heavy atom. The topological polar surface area (TPSA) is 71.3 Å². The van der Waals surface area contributed by atoms with Crippen LogP contribution in [0.15, 0.2) is 72.3 Å². The summed E-state index contributed by atoms with van der Waals surface area (Å²) in [4.78, 5) is 12.6. The van der Waals surface area contributed by atoms with Gasteiger partial charge in [0, 0.05) is 10.7 Å². The van der Waals surface area contributed by atoms with Crippen LogP contribution in [0.25, 0.3) is 6.08 Å². The lowest BCUT2D eigenvalue weighted by Gasteiger charge is -2.13. The summed E-state index contributed by atoms with van der Waals surface area (Å²) in [6.45, 7) is 4.57. The van der Waals surface area contributed by atoms with Gasteiger partial charge in [-0.1, -0.05) is 48.0 Å². The number of carbonyl (C=O) groups is 1. The summed E-state index contributed by atoms with van der Waals surface area (Å²) >= 11 is 5.96. The van der Waals surface area contributed by atoms with Gasteiger partial charge in [-0.3, -0.25) is 4.79 Å². The minimum absolute atomic E-state index is 0.0280. The number of nitrogens with one attached hydrogen (secondary N) is 1. The highest BCUT2D eigenvalue weighted by Crippen LogP contribution is 2.30. The Bertz CT molecular complexity index is 1170. The highest BCUT2D eigenvalue weighted by molar-refractivity contribution is 6.30. The minimum atomic E-state index is -0.500. The van der Waals surface area contributed by atoms with Crippen molar-refractivity contribution in [2.75, 3.05) is 11.9 Å². The maximum atomic E-state index is 12.6. The van der Waals surface area contributed by atoms with Crippen LogP contribution in [0.4, 0.5) is 5.69 Å². The van der Waals surface area contributed by atoms with E-state index in [4.69, 9.17) is 21.1 Å². The lowest BCUT2D eigenvalue weighted by molar-refractivity contribution is -0.112. The fourth-order valence-electron chi connectivity index (χ4n) is 3.01. The molecule has 3 aromatic rings. The number of benzene rings is 3. The van der Waals surface area contributed by atoms with Crippen LogP contribution in [0.1, 0.15) is 23.6 Å². The monoisotopic (exact) mass is 446 g/mol. The van der Waals surface area contributed by atoms with Crippen LogP contribution in [0.5, 0.6) is 11.5 Å². The standard InChI is InChI=1S/C26H23ClN2O3/c1-3-31-25-15-20(9-12-24(25)32-17-19-7-5-4-6-8-19)14-21(16-28)26(30)29-23-11-10-22(27)13-18(23)2/h4-15H,3,17H2,1-2H3,(H,29,30)/b21-14+. The van der Waals surface area contributed by atoms with Crippen LogP contribution in [-0.2, 0) is 11.4 Å². The average molecular weight is 447 g/mol. The third-order valence-corrected chi connectivity index (χ3v) is 4.85. The molecule has 0 spiro atoms. The number of ether oxygens (including phenoxy) is 2. The largest absolute Gasteiger partial charge is 0.490 e. The number of rotatable bonds is 8. The van der Waals surface area contributed by atoms with E-state index in [1.165, 1.54) is 6.08 Å². The normalized spacial score (nSPS) is 10.9. The zero-order valence-corrected chi connectivity index (χ0v) is 18.6. The fourth-order valence-corrected chi connectivity index (χ4v) is 3.24. The van der Waals surface area contributed by atoms with Crippen LogP contribution in [-0.4, -0.2) is 12.5 Å². The molecule has 0 fully saturated rings. The summed E-state index contributed by atoms with van der Waals surface area (Å²) in [5.41, 5.74) is 3.07. The number of carbonyl (C=O) groups excluding carboxylic acids is 1. The Balaban J connectivity index is 1.79. The van der Waals surface area contributed by atoms with Gasteiger partial charge in [0.25, 0.3) is 5.91 Å². The lowest BCUT2D eigenvalue weighted by atomic mass is 10.1. The van der Waals surface area contributed by atoms with Crippen molar-refractivity contribution < 1.29 is 14.3 Å². The van der Waals surface area contributed by atoms with E-state index in [2.05, 4.69) is 5.32 Å². The molecule has 1 N–H and O–H groups in total.